The maximum Gasteiger partial charge on any atom is 0.191 e. The van der Waals surface area contributed by atoms with Gasteiger partial charge in [-0.15, -0.1) is 11.3 Å². The Kier molecular flexibility index (Phi) is 9.89. The molecule has 0 spiro atoms. The fraction of sp³-hybridized carbons (Fsp3) is 0.789. The zero-order valence-corrected chi connectivity index (χ0v) is 16.8. The lowest BCUT2D eigenvalue weighted by Gasteiger charge is -2.20. The molecular weight excluding hydrogens is 330 g/mol. The highest BCUT2D eigenvalue weighted by molar-refractivity contribution is 7.09. The number of rotatable bonds is 9. The summed E-state index contributed by atoms with van der Waals surface area (Å²) in [7, 11) is 0. The highest BCUT2D eigenvalue weighted by Gasteiger charge is 2.08. The predicted molar refractivity (Wildman–Crippen MR) is 109 cm³/mol. The molecule has 0 aliphatic carbocycles. The third-order valence-corrected chi connectivity index (χ3v) is 5.50. The summed E-state index contributed by atoms with van der Waals surface area (Å²) in [5.41, 5.74) is 1.13. The molecule has 2 heterocycles. The molecule has 2 rings (SSSR count). The van der Waals surface area contributed by atoms with Crippen LogP contribution in [-0.2, 0) is 6.42 Å². The van der Waals surface area contributed by atoms with Crippen LogP contribution in [0.25, 0.3) is 0 Å². The van der Waals surface area contributed by atoms with Crippen LogP contribution >= 0.6 is 11.3 Å². The Morgan fingerprint density at radius 3 is 2.68 bits per heavy atom. The van der Waals surface area contributed by atoms with Gasteiger partial charge in [0.1, 0.15) is 0 Å². The molecule has 0 amide bonds. The quantitative estimate of drug-likeness (QED) is 0.401. The summed E-state index contributed by atoms with van der Waals surface area (Å²) in [6, 6.07) is 0. The van der Waals surface area contributed by atoms with Crippen LogP contribution in [0.15, 0.2) is 10.4 Å². The number of guanidine groups is 1. The van der Waals surface area contributed by atoms with Crippen molar-refractivity contribution in [2.75, 3.05) is 39.3 Å². The molecule has 0 radical (unpaired) electrons. The Bertz CT molecular complexity index is 492. The Balaban J connectivity index is 1.61. The van der Waals surface area contributed by atoms with E-state index in [1.54, 1.807) is 11.3 Å². The predicted octanol–water partition coefficient (Wildman–Crippen LogP) is 3.21. The molecule has 1 saturated heterocycles. The second-order valence-corrected chi connectivity index (χ2v) is 7.73. The first-order valence-electron chi connectivity index (χ1n) is 9.93. The van der Waals surface area contributed by atoms with Crippen molar-refractivity contribution < 1.29 is 0 Å². The molecule has 1 aromatic rings. The largest absolute Gasteiger partial charge is 0.357 e. The normalized spacial score (nSPS) is 16.6. The van der Waals surface area contributed by atoms with E-state index in [4.69, 9.17) is 4.99 Å². The summed E-state index contributed by atoms with van der Waals surface area (Å²) in [6.07, 6.45) is 8.82. The Morgan fingerprint density at radius 1 is 1.20 bits per heavy atom. The van der Waals surface area contributed by atoms with Crippen molar-refractivity contribution in [1.29, 1.82) is 0 Å². The molecule has 142 valence electrons. The van der Waals surface area contributed by atoms with Gasteiger partial charge in [-0.25, -0.2) is 4.98 Å². The van der Waals surface area contributed by atoms with Crippen molar-refractivity contribution >= 4 is 17.3 Å². The molecule has 0 bridgehead atoms. The van der Waals surface area contributed by atoms with Crippen LogP contribution in [0.2, 0.25) is 0 Å². The summed E-state index contributed by atoms with van der Waals surface area (Å²) in [6.45, 7) is 10.7. The smallest absolute Gasteiger partial charge is 0.191 e. The second-order valence-electron chi connectivity index (χ2n) is 6.78. The number of aromatic nitrogens is 1. The van der Waals surface area contributed by atoms with Crippen LogP contribution in [0.3, 0.4) is 0 Å². The van der Waals surface area contributed by atoms with E-state index in [-0.39, 0.29) is 0 Å². The van der Waals surface area contributed by atoms with E-state index in [1.165, 1.54) is 56.7 Å². The van der Waals surface area contributed by atoms with Crippen LogP contribution in [0.4, 0.5) is 0 Å². The molecular formula is C19H35N5S. The lowest BCUT2D eigenvalue weighted by atomic mass is 10.2. The molecule has 1 aromatic heterocycles. The maximum atomic E-state index is 4.69. The van der Waals surface area contributed by atoms with E-state index in [0.717, 1.165) is 44.1 Å². The molecule has 25 heavy (non-hydrogen) atoms. The molecule has 2 N–H and O–H groups in total. The average molecular weight is 366 g/mol. The minimum Gasteiger partial charge on any atom is -0.357 e. The van der Waals surface area contributed by atoms with E-state index < -0.39 is 0 Å². The van der Waals surface area contributed by atoms with Gasteiger partial charge in [0.05, 0.1) is 5.01 Å². The van der Waals surface area contributed by atoms with Gasteiger partial charge in [-0.1, -0.05) is 12.8 Å². The fourth-order valence-corrected chi connectivity index (χ4v) is 3.97. The van der Waals surface area contributed by atoms with Gasteiger partial charge in [0.2, 0.25) is 0 Å². The van der Waals surface area contributed by atoms with Crippen LogP contribution < -0.4 is 10.6 Å². The summed E-state index contributed by atoms with van der Waals surface area (Å²) in [5.74, 6) is 0.952. The Labute approximate surface area is 157 Å². The lowest BCUT2D eigenvalue weighted by Crippen LogP contribution is -2.39. The molecule has 1 aliphatic heterocycles. The van der Waals surface area contributed by atoms with Gasteiger partial charge in [-0.3, -0.25) is 4.99 Å². The van der Waals surface area contributed by atoms with E-state index >= 15 is 0 Å². The molecule has 5 nitrogen and oxygen atoms in total. The molecule has 0 aromatic carbocycles. The molecule has 0 saturated carbocycles. The Hall–Kier alpha value is -1.14. The number of hydrogen-bond donors (Lipinski definition) is 2. The van der Waals surface area contributed by atoms with Gasteiger partial charge in [0.25, 0.3) is 0 Å². The van der Waals surface area contributed by atoms with Gasteiger partial charge in [-0.05, 0) is 59.2 Å². The van der Waals surface area contributed by atoms with Gasteiger partial charge < -0.3 is 15.5 Å². The summed E-state index contributed by atoms with van der Waals surface area (Å²) >= 11 is 1.75. The highest BCUT2D eigenvalue weighted by Crippen LogP contribution is 2.11. The number of nitrogens with one attached hydrogen (secondary N) is 2. The van der Waals surface area contributed by atoms with Crippen LogP contribution in [0.1, 0.15) is 56.2 Å². The zero-order valence-electron chi connectivity index (χ0n) is 16.0. The van der Waals surface area contributed by atoms with Crippen molar-refractivity contribution in [3.05, 3.63) is 16.1 Å². The number of nitrogens with zero attached hydrogens (tertiary/aromatic N) is 3. The summed E-state index contributed by atoms with van der Waals surface area (Å²) in [4.78, 5) is 11.8. The third-order valence-electron chi connectivity index (χ3n) is 4.47. The standard InChI is InChI=1S/C19H35N5S/c1-3-20-19(21-11-8-10-18-23-17(2)16-25-18)22-12-9-15-24-13-6-4-5-7-14-24/h16H,3-15H2,1-2H3,(H2,20,21,22). The molecule has 0 unspecified atom stereocenters. The first-order valence-corrected chi connectivity index (χ1v) is 10.8. The molecule has 1 fully saturated rings. The number of aliphatic imine (C=N–C) groups is 1. The van der Waals surface area contributed by atoms with Crippen LogP contribution in [-0.4, -0.2) is 55.1 Å². The summed E-state index contributed by atoms with van der Waals surface area (Å²) in [5, 5.41) is 10.2. The van der Waals surface area contributed by atoms with E-state index in [1.807, 2.05) is 0 Å². The van der Waals surface area contributed by atoms with Crippen molar-refractivity contribution in [1.82, 2.24) is 20.5 Å². The number of aryl methyl sites for hydroxylation is 2. The monoisotopic (exact) mass is 365 g/mol. The average Bonchev–Trinajstić information content (AvgIpc) is 2.85. The first-order chi connectivity index (χ1) is 12.3. The van der Waals surface area contributed by atoms with Crippen molar-refractivity contribution in [3.63, 3.8) is 0 Å². The van der Waals surface area contributed by atoms with E-state index in [2.05, 4.69) is 39.7 Å². The van der Waals surface area contributed by atoms with Gasteiger partial charge in [0.15, 0.2) is 5.96 Å². The number of thiazole rings is 1. The fourth-order valence-electron chi connectivity index (χ4n) is 3.15. The molecule has 6 heteroatoms. The van der Waals surface area contributed by atoms with Gasteiger partial charge in [0, 0.05) is 37.1 Å². The summed E-state index contributed by atoms with van der Waals surface area (Å²) < 4.78 is 0. The topological polar surface area (TPSA) is 52.6 Å². The second kappa shape index (κ2) is 12.3. The highest BCUT2D eigenvalue weighted by atomic mass is 32.1. The number of likely N-dealkylation sites (tertiary alicyclic amines) is 1. The number of hydrogen-bond acceptors (Lipinski definition) is 4. The first kappa shape index (κ1) is 20.2. The van der Waals surface area contributed by atoms with Gasteiger partial charge >= 0.3 is 0 Å². The maximum absolute atomic E-state index is 4.69. The molecule has 0 atom stereocenters. The van der Waals surface area contributed by atoms with Crippen molar-refractivity contribution in [3.8, 4) is 0 Å². The minimum absolute atomic E-state index is 0.847. The Morgan fingerprint density at radius 2 is 2.00 bits per heavy atom. The lowest BCUT2D eigenvalue weighted by molar-refractivity contribution is 0.282. The van der Waals surface area contributed by atoms with Gasteiger partial charge in [-0.2, -0.15) is 0 Å². The third kappa shape index (κ3) is 8.68. The van der Waals surface area contributed by atoms with Crippen LogP contribution in [0.5, 0.6) is 0 Å². The minimum atomic E-state index is 0.847. The zero-order chi connectivity index (χ0) is 17.7. The van der Waals surface area contributed by atoms with E-state index in [0.29, 0.717) is 0 Å². The van der Waals surface area contributed by atoms with Crippen molar-refractivity contribution in [2.24, 2.45) is 4.99 Å². The van der Waals surface area contributed by atoms with Crippen LogP contribution in [0, 0.1) is 6.92 Å². The van der Waals surface area contributed by atoms with E-state index in [9.17, 15) is 0 Å². The SMILES string of the molecule is CCNC(=NCCCc1nc(C)cs1)NCCCN1CCCCCC1. The molecule has 1 aliphatic rings. The van der Waals surface area contributed by atoms with Crippen molar-refractivity contribution in [2.45, 2.75) is 58.8 Å².